The van der Waals surface area contributed by atoms with Gasteiger partial charge in [-0.15, -0.1) is 0 Å². The Morgan fingerprint density at radius 2 is 1.42 bits per heavy atom. The van der Waals surface area contributed by atoms with E-state index in [1.165, 1.54) is 0 Å². The number of carbonyl (C=O) groups excluding carboxylic acids is 2. The van der Waals surface area contributed by atoms with Gasteiger partial charge < -0.3 is 28.6 Å². The Hall–Kier alpha value is -4.20. The summed E-state index contributed by atoms with van der Waals surface area (Å²) in [5, 5.41) is 0. The van der Waals surface area contributed by atoms with Crippen LogP contribution in [0.5, 0.6) is 23.0 Å². The lowest BCUT2D eigenvalue weighted by Crippen LogP contribution is -2.42. The minimum atomic E-state index is -0.381. The minimum absolute atomic E-state index is 0.0975. The van der Waals surface area contributed by atoms with Gasteiger partial charge in [0.15, 0.2) is 11.5 Å². The largest absolute Gasteiger partial charge is 0.494 e. The van der Waals surface area contributed by atoms with Crippen molar-refractivity contribution in [2.45, 2.75) is 26.3 Å². The van der Waals surface area contributed by atoms with Gasteiger partial charge >= 0.3 is 5.97 Å². The van der Waals surface area contributed by atoms with Crippen LogP contribution in [-0.4, -0.2) is 57.4 Å². The van der Waals surface area contributed by atoms with Crippen LogP contribution in [0, 0.1) is 0 Å². The van der Waals surface area contributed by atoms with Crippen LogP contribution in [0.3, 0.4) is 0 Å². The zero-order chi connectivity index (χ0) is 27.1. The third kappa shape index (κ3) is 5.85. The molecule has 0 aliphatic carbocycles. The average Bonchev–Trinajstić information content (AvgIpc) is 2.95. The first kappa shape index (κ1) is 26.9. The maximum Gasteiger partial charge on any atom is 0.338 e. The smallest absolute Gasteiger partial charge is 0.338 e. The summed E-state index contributed by atoms with van der Waals surface area (Å²) >= 11 is 0. The van der Waals surface area contributed by atoms with Crippen LogP contribution in [0.2, 0.25) is 0 Å². The van der Waals surface area contributed by atoms with Crippen LogP contribution in [-0.2, 0) is 11.2 Å². The highest BCUT2D eigenvalue weighted by Crippen LogP contribution is 2.39. The van der Waals surface area contributed by atoms with Crippen molar-refractivity contribution in [2.24, 2.45) is 0 Å². The quantitative estimate of drug-likeness (QED) is 0.345. The molecule has 0 N–H and O–H groups in total. The lowest BCUT2D eigenvalue weighted by molar-refractivity contribution is 0.0524. The summed E-state index contributed by atoms with van der Waals surface area (Å²) < 4.78 is 27.8. The Kier molecular flexibility index (Phi) is 8.73. The van der Waals surface area contributed by atoms with Crippen LogP contribution in [0.15, 0.2) is 60.7 Å². The standard InChI is InChI=1S/C30H33NO7/c1-5-36-23-11-7-20(8-12-23)29(32)31-16-15-22-17-27(34-3)28(35-4)18-25(22)26(31)19-38-24-13-9-21(10-14-24)30(33)37-6-2/h7-14,17-18,26H,5-6,15-16,19H2,1-4H3. The van der Waals surface area contributed by atoms with E-state index in [1.54, 1.807) is 69.7 Å². The molecule has 0 aromatic heterocycles. The van der Waals surface area contributed by atoms with Gasteiger partial charge in [-0.05, 0) is 92.1 Å². The number of hydrogen-bond acceptors (Lipinski definition) is 7. The molecule has 0 fully saturated rings. The highest BCUT2D eigenvalue weighted by molar-refractivity contribution is 5.95. The van der Waals surface area contributed by atoms with Crippen molar-refractivity contribution in [3.8, 4) is 23.0 Å². The number of nitrogens with zero attached hydrogens (tertiary/aromatic N) is 1. The Morgan fingerprint density at radius 1 is 0.816 bits per heavy atom. The molecule has 8 nitrogen and oxygen atoms in total. The molecule has 38 heavy (non-hydrogen) atoms. The van der Waals surface area contributed by atoms with Crippen LogP contribution in [0.1, 0.15) is 51.7 Å². The summed E-state index contributed by atoms with van der Waals surface area (Å²) in [4.78, 5) is 27.5. The number of hydrogen-bond donors (Lipinski definition) is 0. The second-order valence-corrected chi connectivity index (χ2v) is 8.68. The molecular formula is C30H33NO7. The zero-order valence-corrected chi connectivity index (χ0v) is 22.2. The number of ether oxygens (including phenoxy) is 5. The first-order valence-corrected chi connectivity index (χ1v) is 12.7. The van der Waals surface area contributed by atoms with Crippen LogP contribution in [0.4, 0.5) is 0 Å². The molecule has 1 unspecified atom stereocenters. The van der Waals surface area contributed by atoms with Gasteiger partial charge in [-0.3, -0.25) is 4.79 Å². The molecule has 0 spiro atoms. The second-order valence-electron chi connectivity index (χ2n) is 8.68. The van der Waals surface area contributed by atoms with Gasteiger partial charge in [0, 0.05) is 12.1 Å². The molecule has 200 valence electrons. The fourth-order valence-electron chi connectivity index (χ4n) is 4.55. The molecular weight excluding hydrogens is 486 g/mol. The lowest BCUT2D eigenvalue weighted by Gasteiger charge is -2.37. The molecule has 1 aliphatic rings. The maximum atomic E-state index is 13.7. The second kappa shape index (κ2) is 12.4. The van der Waals surface area contributed by atoms with Gasteiger partial charge in [0.2, 0.25) is 0 Å². The third-order valence-electron chi connectivity index (χ3n) is 6.45. The molecule has 0 saturated carbocycles. The minimum Gasteiger partial charge on any atom is -0.494 e. The normalized spacial score (nSPS) is 14.3. The number of esters is 1. The van der Waals surface area contributed by atoms with E-state index < -0.39 is 0 Å². The predicted molar refractivity (Wildman–Crippen MR) is 143 cm³/mol. The molecule has 1 heterocycles. The van der Waals surface area contributed by atoms with E-state index in [0.29, 0.717) is 54.6 Å². The van der Waals surface area contributed by atoms with Gasteiger partial charge in [-0.2, -0.15) is 0 Å². The van der Waals surface area contributed by atoms with Gasteiger partial charge in [0.1, 0.15) is 18.1 Å². The molecule has 8 heteroatoms. The number of benzene rings is 3. The summed E-state index contributed by atoms with van der Waals surface area (Å²) in [5.41, 5.74) is 3.04. The lowest BCUT2D eigenvalue weighted by atomic mass is 9.91. The van der Waals surface area contributed by atoms with Gasteiger partial charge in [-0.25, -0.2) is 4.79 Å². The molecule has 0 radical (unpaired) electrons. The van der Waals surface area contributed by atoms with Crippen molar-refractivity contribution in [3.63, 3.8) is 0 Å². The fraction of sp³-hybridized carbons (Fsp3) is 0.333. The fourth-order valence-corrected chi connectivity index (χ4v) is 4.55. The molecule has 3 aromatic carbocycles. The summed E-state index contributed by atoms with van der Waals surface area (Å²) in [6, 6.07) is 17.5. The predicted octanol–water partition coefficient (Wildman–Crippen LogP) is 5.10. The van der Waals surface area contributed by atoms with E-state index in [-0.39, 0.29) is 24.5 Å². The zero-order valence-electron chi connectivity index (χ0n) is 22.2. The maximum absolute atomic E-state index is 13.7. The van der Waals surface area contributed by atoms with Crippen LogP contribution in [0.25, 0.3) is 0 Å². The first-order valence-electron chi connectivity index (χ1n) is 12.7. The molecule has 1 amide bonds. The molecule has 1 aliphatic heterocycles. The van der Waals surface area contributed by atoms with E-state index in [1.807, 2.05) is 24.0 Å². The monoisotopic (exact) mass is 519 g/mol. The number of amides is 1. The highest BCUT2D eigenvalue weighted by atomic mass is 16.5. The molecule has 4 rings (SSSR count). The molecule has 3 aromatic rings. The van der Waals surface area contributed by atoms with Crippen molar-refractivity contribution >= 4 is 11.9 Å². The van der Waals surface area contributed by atoms with Crippen molar-refractivity contribution < 1.29 is 33.3 Å². The van der Waals surface area contributed by atoms with E-state index in [0.717, 1.165) is 16.9 Å². The summed E-state index contributed by atoms with van der Waals surface area (Å²) in [7, 11) is 3.20. The highest BCUT2D eigenvalue weighted by Gasteiger charge is 2.33. The Labute approximate surface area is 223 Å². The molecule has 1 atom stereocenters. The van der Waals surface area contributed by atoms with E-state index >= 15 is 0 Å². The topological polar surface area (TPSA) is 83.5 Å². The number of rotatable bonds is 10. The van der Waals surface area contributed by atoms with Crippen molar-refractivity contribution in [2.75, 3.05) is 40.6 Å². The number of carbonyl (C=O) groups is 2. The molecule has 0 bridgehead atoms. The van der Waals surface area contributed by atoms with Gasteiger partial charge in [-0.1, -0.05) is 0 Å². The van der Waals surface area contributed by atoms with Crippen LogP contribution >= 0.6 is 0 Å². The Bertz CT molecular complexity index is 1250. The Morgan fingerprint density at radius 3 is 2.03 bits per heavy atom. The van der Waals surface area contributed by atoms with Gasteiger partial charge in [0.25, 0.3) is 5.91 Å². The summed E-state index contributed by atoms with van der Waals surface area (Å²) in [6.45, 7) is 5.28. The summed E-state index contributed by atoms with van der Waals surface area (Å²) in [5.74, 6) is 2.06. The number of methoxy groups -OCH3 is 2. The third-order valence-corrected chi connectivity index (χ3v) is 6.45. The molecule has 0 saturated heterocycles. The van der Waals surface area contributed by atoms with Crippen molar-refractivity contribution in [1.29, 1.82) is 0 Å². The van der Waals surface area contributed by atoms with Crippen molar-refractivity contribution in [1.82, 2.24) is 4.90 Å². The van der Waals surface area contributed by atoms with Crippen molar-refractivity contribution in [3.05, 3.63) is 82.9 Å². The average molecular weight is 520 g/mol. The Balaban J connectivity index is 1.62. The SMILES string of the molecule is CCOC(=O)c1ccc(OCC2c3cc(OC)c(OC)cc3CCN2C(=O)c2ccc(OCC)cc2)cc1. The van der Waals surface area contributed by atoms with Crippen LogP contribution < -0.4 is 18.9 Å². The van der Waals surface area contributed by atoms with Gasteiger partial charge in [0.05, 0.1) is 39.0 Å². The van der Waals surface area contributed by atoms with E-state index in [4.69, 9.17) is 23.7 Å². The van der Waals surface area contributed by atoms with E-state index in [2.05, 4.69) is 0 Å². The van der Waals surface area contributed by atoms with E-state index in [9.17, 15) is 9.59 Å². The first-order chi connectivity index (χ1) is 18.5. The number of fused-ring (bicyclic) bond motifs is 1. The summed E-state index contributed by atoms with van der Waals surface area (Å²) in [6.07, 6.45) is 0.670.